The monoisotopic (exact) mass is 296 g/mol. The summed E-state index contributed by atoms with van der Waals surface area (Å²) in [5, 5.41) is 4.23. The van der Waals surface area contributed by atoms with Crippen molar-refractivity contribution in [2.75, 3.05) is 13.1 Å². The number of fused-ring (bicyclic) bond motifs is 1. The molecule has 0 unspecified atom stereocenters. The van der Waals surface area contributed by atoms with Gasteiger partial charge in [0, 0.05) is 13.1 Å². The molecule has 2 atom stereocenters. The highest BCUT2D eigenvalue weighted by atomic mass is 16.2. The van der Waals surface area contributed by atoms with Crippen molar-refractivity contribution in [2.24, 2.45) is 0 Å². The maximum absolute atomic E-state index is 13.0. The zero-order chi connectivity index (χ0) is 14.9. The molecular formula is C17H20N4O. The molecule has 2 heterocycles. The highest BCUT2D eigenvalue weighted by Crippen LogP contribution is 2.35. The van der Waals surface area contributed by atoms with E-state index in [2.05, 4.69) is 28.3 Å². The van der Waals surface area contributed by atoms with Crippen LogP contribution < -0.4 is 0 Å². The first-order chi connectivity index (χ1) is 10.8. The fourth-order valence-corrected chi connectivity index (χ4v) is 3.81. The molecule has 2 aliphatic rings. The predicted molar refractivity (Wildman–Crippen MR) is 82.4 cm³/mol. The second kappa shape index (κ2) is 5.55. The molecule has 0 spiro atoms. The summed E-state index contributed by atoms with van der Waals surface area (Å²) in [7, 11) is 0. The van der Waals surface area contributed by atoms with E-state index in [1.54, 1.807) is 12.7 Å². The fourth-order valence-electron chi connectivity index (χ4n) is 3.81. The maximum Gasteiger partial charge on any atom is 0.230 e. The molecule has 1 aromatic carbocycles. The van der Waals surface area contributed by atoms with Crippen molar-refractivity contribution in [3.8, 4) is 0 Å². The summed E-state index contributed by atoms with van der Waals surface area (Å²) in [6.45, 7) is 1.61. The number of carbonyl (C=O) groups excluding carboxylic acids is 1. The molecule has 1 amide bonds. The van der Waals surface area contributed by atoms with Gasteiger partial charge in [0.05, 0.1) is 12.0 Å². The number of likely N-dealkylation sites (tertiary alicyclic amines) is 1. The molecule has 0 radical (unpaired) electrons. The molecule has 0 N–H and O–H groups in total. The van der Waals surface area contributed by atoms with Crippen LogP contribution >= 0.6 is 0 Å². The molecule has 0 saturated carbocycles. The van der Waals surface area contributed by atoms with Crippen molar-refractivity contribution in [1.82, 2.24) is 19.7 Å². The van der Waals surface area contributed by atoms with Gasteiger partial charge in [-0.3, -0.25) is 4.79 Å². The van der Waals surface area contributed by atoms with E-state index in [4.69, 9.17) is 0 Å². The normalized spacial score (nSPS) is 24.3. The number of aromatic nitrogens is 3. The largest absolute Gasteiger partial charge is 0.340 e. The van der Waals surface area contributed by atoms with E-state index < -0.39 is 0 Å². The summed E-state index contributed by atoms with van der Waals surface area (Å²) < 4.78 is 1.89. The number of nitrogens with zero attached hydrogens (tertiary/aromatic N) is 4. The van der Waals surface area contributed by atoms with Crippen LogP contribution in [0.5, 0.6) is 0 Å². The minimum atomic E-state index is 0.0469. The zero-order valence-electron chi connectivity index (χ0n) is 12.6. The molecule has 5 heteroatoms. The molecule has 1 aliphatic heterocycles. The van der Waals surface area contributed by atoms with E-state index in [0.29, 0.717) is 0 Å². The van der Waals surface area contributed by atoms with E-state index in [1.807, 2.05) is 15.6 Å². The number of rotatable bonds is 2. The third-order valence-electron chi connectivity index (χ3n) is 4.95. The third kappa shape index (κ3) is 2.30. The van der Waals surface area contributed by atoms with Gasteiger partial charge in [-0.25, -0.2) is 9.67 Å². The van der Waals surface area contributed by atoms with Gasteiger partial charge >= 0.3 is 0 Å². The van der Waals surface area contributed by atoms with Crippen LogP contribution in [-0.2, 0) is 11.2 Å². The quantitative estimate of drug-likeness (QED) is 0.853. The Labute approximate surface area is 130 Å². The molecule has 114 valence electrons. The summed E-state index contributed by atoms with van der Waals surface area (Å²) >= 11 is 0. The topological polar surface area (TPSA) is 51.0 Å². The number of aryl methyl sites for hydroxylation is 1. The predicted octanol–water partition coefficient (Wildman–Crippen LogP) is 2.17. The van der Waals surface area contributed by atoms with Crippen LogP contribution in [0.3, 0.4) is 0 Å². The van der Waals surface area contributed by atoms with Gasteiger partial charge in [0.25, 0.3) is 0 Å². The first-order valence-electron chi connectivity index (χ1n) is 8.03. The highest BCUT2D eigenvalue weighted by molar-refractivity contribution is 5.85. The lowest BCUT2D eigenvalue weighted by molar-refractivity contribution is -0.134. The average Bonchev–Trinajstić information content (AvgIpc) is 3.24. The van der Waals surface area contributed by atoms with Gasteiger partial charge in [-0.05, 0) is 36.8 Å². The van der Waals surface area contributed by atoms with Crippen LogP contribution in [-0.4, -0.2) is 38.7 Å². The van der Waals surface area contributed by atoms with Crippen LogP contribution in [0, 0.1) is 0 Å². The van der Waals surface area contributed by atoms with Crippen LogP contribution in [0.1, 0.15) is 42.3 Å². The minimum absolute atomic E-state index is 0.0469. The molecule has 1 aliphatic carbocycles. The van der Waals surface area contributed by atoms with Crippen LogP contribution in [0.4, 0.5) is 0 Å². The van der Waals surface area contributed by atoms with E-state index in [1.165, 1.54) is 11.1 Å². The molecule has 4 rings (SSSR count). The van der Waals surface area contributed by atoms with Gasteiger partial charge in [-0.1, -0.05) is 24.3 Å². The zero-order valence-corrected chi connectivity index (χ0v) is 12.6. The van der Waals surface area contributed by atoms with Crippen LogP contribution in [0.25, 0.3) is 0 Å². The third-order valence-corrected chi connectivity index (χ3v) is 4.95. The Morgan fingerprint density at radius 1 is 1.23 bits per heavy atom. The summed E-state index contributed by atoms with van der Waals surface area (Å²) in [5.74, 6) is 0.334. The highest BCUT2D eigenvalue weighted by Gasteiger charge is 2.34. The Morgan fingerprint density at radius 3 is 3.00 bits per heavy atom. The lowest BCUT2D eigenvalue weighted by atomic mass is 9.97. The maximum atomic E-state index is 13.0. The van der Waals surface area contributed by atoms with Gasteiger partial charge in [0.1, 0.15) is 12.7 Å². The van der Waals surface area contributed by atoms with Crippen molar-refractivity contribution < 1.29 is 4.79 Å². The van der Waals surface area contributed by atoms with E-state index in [0.717, 1.165) is 38.8 Å². The van der Waals surface area contributed by atoms with Gasteiger partial charge in [-0.15, -0.1) is 0 Å². The second-order valence-corrected chi connectivity index (χ2v) is 6.25. The Morgan fingerprint density at radius 2 is 2.14 bits per heavy atom. The van der Waals surface area contributed by atoms with Crippen molar-refractivity contribution in [2.45, 2.75) is 37.6 Å². The first kappa shape index (κ1) is 13.5. The van der Waals surface area contributed by atoms with E-state index in [-0.39, 0.29) is 17.9 Å². The van der Waals surface area contributed by atoms with E-state index >= 15 is 0 Å². The molecule has 1 fully saturated rings. The number of hydrogen-bond acceptors (Lipinski definition) is 3. The summed E-state index contributed by atoms with van der Waals surface area (Å²) in [5.41, 5.74) is 2.57. The number of amides is 1. The van der Waals surface area contributed by atoms with Gasteiger partial charge < -0.3 is 4.90 Å². The molecule has 22 heavy (non-hydrogen) atoms. The van der Waals surface area contributed by atoms with Crippen molar-refractivity contribution >= 4 is 5.91 Å². The Kier molecular flexibility index (Phi) is 3.41. The summed E-state index contributed by atoms with van der Waals surface area (Å²) in [6.07, 6.45) is 7.38. The van der Waals surface area contributed by atoms with Crippen molar-refractivity contribution in [1.29, 1.82) is 0 Å². The number of benzene rings is 1. The molecule has 1 aromatic heterocycles. The minimum Gasteiger partial charge on any atom is -0.340 e. The smallest absolute Gasteiger partial charge is 0.230 e. The Balaban J connectivity index is 1.51. The van der Waals surface area contributed by atoms with E-state index in [9.17, 15) is 4.79 Å². The Hall–Kier alpha value is -2.17. The molecule has 0 bridgehead atoms. The van der Waals surface area contributed by atoms with Gasteiger partial charge in [0.15, 0.2) is 0 Å². The van der Waals surface area contributed by atoms with Gasteiger partial charge in [0.2, 0.25) is 5.91 Å². The van der Waals surface area contributed by atoms with Crippen molar-refractivity contribution in [3.05, 3.63) is 48.0 Å². The van der Waals surface area contributed by atoms with Crippen molar-refractivity contribution in [3.63, 3.8) is 0 Å². The first-order valence-corrected chi connectivity index (χ1v) is 8.03. The summed E-state index contributed by atoms with van der Waals surface area (Å²) in [6, 6.07) is 8.63. The molecule has 5 nitrogen and oxygen atoms in total. The molecule has 1 saturated heterocycles. The second-order valence-electron chi connectivity index (χ2n) is 6.25. The fraction of sp³-hybridized carbons (Fsp3) is 0.471. The Bertz CT molecular complexity index is 667. The average molecular weight is 296 g/mol. The molecule has 2 aromatic rings. The number of carbonyl (C=O) groups is 1. The van der Waals surface area contributed by atoms with Crippen LogP contribution in [0.2, 0.25) is 0 Å². The SMILES string of the molecule is O=C([C@H]1CCc2ccccc21)N1CCC[C@@H](n2cncn2)C1. The lowest BCUT2D eigenvalue weighted by Crippen LogP contribution is -2.42. The molecular weight excluding hydrogens is 276 g/mol. The summed E-state index contributed by atoms with van der Waals surface area (Å²) in [4.78, 5) is 19.0. The number of hydrogen-bond donors (Lipinski definition) is 0. The lowest BCUT2D eigenvalue weighted by Gasteiger charge is -2.34. The van der Waals surface area contributed by atoms with Crippen LogP contribution in [0.15, 0.2) is 36.9 Å². The van der Waals surface area contributed by atoms with Gasteiger partial charge in [-0.2, -0.15) is 5.10 Å². The number of piperidine rings is 1. The standard InChI is InChI=1S/C17H20N4O/c22-17(16-8-7-13-4-1-2-6-15(13)16)20-9-3-5-14(10-20)21-12-18-11-19-21/h1-2,4,6,11-12,14,16H,3,5,7-10H2/t14-,16+/m1/s1.